The smallest absolute Gasteiger partial charge is 0.233 e. The zero-order valence-electron chi connectivity index (χ0n) is 10.7. The van der Waals surface area contributed by atoms with Gasteiger partial charge < -0.3 is 5.73 Å². The minimum atomic E-state index is -0.133. The maximum Gasteiger partial charge on any atom is 0.233 e. The number of carbonyl (C=O) groups is 2. The van der Waals surface area contributed by atoms with Gasteiger partial charge in [-0.2, -0.15) is 0 Å². The molecule has 19 heavy (non-hydrogen) atoms. The maximum absolute atomic E-state index is 12.0. The summed E-state index contributed by atoms with van der Waals surface area (Å²) in [6.45, 7) is 0.284. The van der Waals surface area contributed by atoms with Crippen molar-refractivity contribution in [3.63, 3.8) is 0 Å². The molecular formula is C15H16N2O2. The van der Waals surface area contributed by atoms with Crippen LogP contribution in [0.4, 0.5) is 5.69 Å². The summed E-state index contributed by atoms with van der Waals surface area (Å²) in [6.07, 6.45) is 2.39. The molecule has 2 N–H and O–H groups in total. The lowest BCUT2D eigenvalue weighted by Crippen LogP contribution is -2.35. The van der Waals surface area contributed by atoms with Crippen molar-refractivity contribution in [1.82, 2.24) is 0 Å². The summed E-state index contributed by atoms with van der Waals surface area (Å²) < 4.78 is 0. The van der Waals surface area contributed by atoms with Crippen molar-refractivity contribution in [3.8, 4) is 11.8 Å². The lowest BCUT2D eigenvalue weighted by molar-refractivity contribution is -0.125. The highest BCUT2D eigenvalue weighted by molar-refractivity contribution is 6.15. The summed E-state index contributed by atoms with van der Waals surface area (Å²) in [5.74, 6) is 5.40. The van der Waals surface area contributed by atoms with Crippen molar-refractivity contribution < 1.29 is 9.59 Å². The molecule has 1 fully saturated rings. The predicted octanol–water partition coefficient (Wildman–Crippen LogP) is 1.43. The lowest BCUT2D eigenvalue weighted by Gasteiger charge is -2.18. The van der Waals surface area contributed by atoms with Crippen LogP contribution in [0.3, 0.4) is 0 Å². The quantitative estimate of drug-likeness (QED) is 0.610. The molecule has 0 bridgehead atoms. The van der Waals surface area contributed by atoms with Gasteiger partial charge in [-0.15, -0.1) is 0 Å². The van der Waals surface area contributed by atoms with Crippen LogP contribution in [0.15, 0.2) is 24.3 Å². The molecule has 1 heterocycles. The Bertz CT molecular complexity index is 537. The molecule has 2 rings (SSSR count). The highest BCUT2D eigenvalue weighted by Crippen LogP contribution is 2.22. The molecule has 0 unspecified atom stereocenters. The van der Waals surface area contributed by atoms with Gasteiger partial charge in [-0.3, -0.25) is 14.5 Å². The van der Waals surface area contributed by atoms with Crippen LogP contribution in [0.2, 0.25) is 0 Å². The third kappa shape index (κ3) is 3.21. The molecule has 0 radical (unpaired) electrons. The second kappa shape index (κ2) is 6.17. The SMILES string of the molecule is NCC#Cc1cccc(N2C(=O)CCCCC2=O)c1. The standard InChI is InChI=1S/C15H16N2O2/c16-10-4-6-12-5-3-7-13(11-12)17-14(18)8-1-2-9-15(17)19/h3,5,7,11H,1-2,8-10,16H2. The van der Waals surface area contributed by atoms with E-state index in [-0.39, 0.29) is 18.4 Å². The van der Waals surface area contributed by atoms with Crippen LogP contribution in [0.5, 0.6) is 0 Å². The van der Waals surface area contributed by atoms with Crippen molar-refractivity contribution in [2.24, 2.45) is 5.73 Å². The molecule has 4 heteroatoms. The molecule has 0 aliphatic carbocycles. The summed E-state index contributed by atoms with van der Waals surface area (Å²) in [6, 6.07) is 7.14. The zero-order valence-corrected chi connectivity index (χ0v) is 10.7. The summed E-state index contributed by atoms with van der Waals surface area (Å²) in [5.41, 5.74) is 6.68. The molecule has 4 nitrogen and oxygen atoms in total. The van der Waals surface area contributed by atoms with E-state index in [1.54, 1.807) is 18.2 Å². The van der Waals surface area contributed by atoms with Gasteiger partial charge in [-0.05, 0) is 31.0 Å². The van der Waals surface area contributed by atoms with Gasteiger partial charge in [0.25, 0.3) is 0 Å². The number of anilines is 1. The fraction of sp³-hybridized carbons (Fsp3) is 0.333. The van der Waals surface area contributed by atoms with Gasteiger partial charge in [0.05, 0.1) is 12.2 Å². The molecule has 0 aromatic heterocycles. The van der Waals surface area contributed by atoms with Gasteiger partial charge in [0.1, 0.15) is 0 Å². The number of hydrogen-bond acceptors (Lipinski definition) is 3. The minimum absolute atomic E-state index is 0.133. The fourth-order valence-electron chi connectivity index (χ4n) is 2.08. The number of imide groups is 1. The molecule has 2 amide bonds. The van der Waals surface area contributed by atoms with E-state index >= 15 is 0 Å². The summed E-state index contributed by atoms with van der Waals surface area (Å²) >= 11 is 0. The summed E-state index contributed by atoms with van der Waals surface area (Å²) in [5, 5.41) is 0. The largest absolute Gasteiger partial charge is 0.320 e. The van der Waals surface area contributed by atoms with Crippen molar-refractivity contribution >= 4 is 17.5 Å². The molecule has 1 saturated heterocycles. The minimum Gasteiger partial charge on any atom is -0.320 e. The Hall–Kier alpha value is -2.12. The Morgan fingerprint density at radius 1 is 1.16 bits per heavy atom. The number of carbonyl (C=O) groups excluding carboxylic acids is 2. The first kappa shape index (κ1) is 13.3. The number of nitrogens with two attached hydrogens (primary N) is 1. The van der Waals surface area contributed by atoms with Crippen molar-refractivity contribution in [3.05, 3.63) is 29.8 Å². The Balaban J connectivity index is 2.33. The van der Waals surface area contributed by atoms with E-state index in [0.29, 0.717) is 18.5 Å². The van der Waals surface area contributed by atoms with E-state index < -0.39 is 0 Å². The fourth-order valence-corrected chi connectivity index (χ4v) is 2.08. The highest BCUT2D eigenvalue weighted by Gasteiger charge is 2.25. The van der Waals surface area contributed by atoms with Crippen molar-refractivity contribution in [2.75, 3.05) is 11.4 Å². The van der Waals surface area contributed by atoms with Gasteiger partial charge in [0, 0.05) is 18.4 Å². The number of benzene rings is 1. The molecule has 1 aromatic rings. The molecule has 1 aliphatic rings. The number of amides is 2. The third-order valence-corrected chi connectivity index (χ3v) is 2.97. The normalized spacial score (nSPS) is 15.7. The molecule has 0 spiro atoms. The lowest BCUT2D eigenvalue weighted by atomic mass is 10.2. The van der Waals surface area contributed by atoms with Gasteiger partial charge in [-0.1, -0.05) is 17.9 Å². The summed E-state index contributed by atoms with van der Waals surface area (Å²) in [4.78, 5) is 25.3. The van der Waals surface area contributed by atoms with Gasteiger partial charge in [0.15, 0.2) is 0 Å². The number of nitrogens with zero attached hydrogens (tertiary/aromatic N) is 1. The molecule has 0 saturated carbocycles. The van der Waals surface area contributed by atoms with Crippen LogP contribution in [0, 0.1) is 11.8 Å². The van der Waals surface area contributed by atoms with Crippen molar-refractivity contribution in [1.29, 1.82) is 0 Å². The van der Waals surface area contributed by atoms with Crippen LogP contribution in [-0.2, 0) is 9.59 Å². The van der Waals surface area contributed by atoms with Crippen LogP contribution >= 0.6 is 0 Å². The van der Waals surface area contributed by atoms with E-state index in [9.17, 15) is 9.59 Å². The first-order valence-corrected chi connectivity index (χ1v) is 6.37. The molecule has 1 aromatic carbocycles. The van der Waals surface area contributed by atoms with Gasteiger partial charge >= 0.3 is 0 Å². The first-order chi connectivity index (χ1) is 9.22. The Labute approximate surface area is 112 Å². The second-order valence-corrected chi connectivity index (χ2v) is 4.39. The highest BCUT2D eigenvalue weighted by atomic mass is 16.2. The average molecular weight is 256 g/mol. The topological polar surface area (TPSA) is 63.4 Å². The summed E-state index contributed by atoms with van der Waals surface area (Å²) in [7, 11) is 0. The average Bonchev–Trinajstić information content (AvgIpc) is 2.58. The Morgan fingerprint density at radius 2 is 1.84 bits per heavy atom. The number of rotatable bonds is 1. The van der Waals surface area contributed by atoms with Crippen LogP contribution in [0.25, 0.3) is 0 Å². The van der Waals surface area contributed by atoms with Crippen LogP contribution in [-0.4, -0.2) is 18.4 Å². The van der Waals surface area contributed by atoms with Crippen LogP contribution < -0.4 is 10.6 Å². The molecular weight excluding hydrogens is 240 g/mol. The number of hydrogen-bond donors (Lipinski definition) is 1. The Morgan fingerprint density at radius 3 is 2.47 bits per heavy atom. The van der Waals surface area contributed by atoms with Gasteiger partial charge in [0.2, 0.25) is 11.8 Å². The molecule has 0 atom stereocenters. The van der Waals surface area contributed by atoms with E-state index in [0.717, 1.165) is 18.4 Å². The van der Waals surface area contributed by atoms with Crippen LogP contribution in [0.1, 0.15) is 31.2 Å². The first-order valence-electron chi connectivity index (χ1n) is 6.37. The second-order valence-electron chi connectivity index (χ2n) is 4.39. The van der Waals surface area contributed by atoms with E-state index in [2.05, 4.69) is 11.8 Å². The predicted molar refractivity (Wildman–Crippen MR) is 73.3 cm³/mol. The van der Waals surface area contributed by atoms with Gasteiger partial charge in [-0.25, -0.2) is 0 Å². The molecule has 98 valence electrons. The van der Waals surface area contributed by atoms with Crippen molar-refractivity contribution in [2.45, 2.75) is 25.7 Å². The zero-order chi connectivity index (χ0) is 13.7. The van der Waals surface area contributed by atoms with E-state index in [1.807, 2.05) is 6.07 Å². The Kier molecular flexibility index (Phi) is 4.32. The van der Waals surface area contributed by atoms with E-state index in [4.69, 9.17) is 5.73 Å². The monoisotopic (exact) mass is 256 g/mol. The molecule has 1 aliphatic heterocycles. The van der Waals surface area contributed by atoms with E-state index in [1.165, 1.54) is 4.90 Å². The third-order valence-electron chi connectivity index (χ3n) is 2.97. The maximum atomic E-state index is 12.0.